The molecule has 1 amide bonds. The van der Waals surface area contributed by atoms with Crippen LogP contribution in [0.15, 0.2) is 109 Å². The van der Waals surface area contributed by atoms with Crippen molar-refractivity contribution in [2.75, 3.05) is 30.5 Å². The summed E-state index contributed by atoms with van der Waals surface area (Å²) >= 11 is 0. The number of para-hydroxylation sites is 2. The van der Waals surface area contributed by atoms with Gasteiger partial charge in [-0.05, 0) is 54.8 Å². The Balaban J connectivity index is 1.35. The maximum absolute atomic E-state index is 13.2. The van der Waals surface area contributed by atoms with Crippen molar-refractivity contribution < 1.29 is 23.9 Å². The normalized spacial score (nSPS) is 11.3. The first-order valence-electron chi connectivity index (χ1n) is 15.1. The van der Waals surface area contributed by atoms with Crippen molar-refractivity contribution in [2.24, 2.45) is 0 Å². The van der Waals surface area contributed by atoms with E-state index < -0.39 is 12.0 Å². The highest BCUT2D eigenvalue weighted by Crippen LogP contribution is 2.23. The molecule has 0 aliphatic heterocycles. The number of unbranched alkanes of at least 4 members (excludes halogenated alkanes) is 1. The summed E-state index contributed by atoms with van der Waals surface area (Å²) in [5, 5.41) is 3.24. The quantitative estimate of drug-likeness (QED) is 0.0848. The molecule has 7 nitrogen and oxygen atoms in total. The first kappa shape index (κ1) is 32.0. The number of hydrogen-bond acceptors (Lipinski definition) is 6. The van der Waals surface area contributed by atoms with Crippen molar-refractivity contribution in [1.29, 1.82) is 0 Å². The molecule has 228 valence electrons. The van der Waals surface area contributed by atoms with Crippen molar-refractivity contribution in [3.63, 3.8) is 0 Å². The summed E-state index contributed by atoms with van der Waals surface area (Å²) < 4.78 is 11.1. The van der Waals surface area contributed by atoms with E-state index in [0.29, 0.717) is 55.0 Å². The molecule has 0 aromatic heterocycles. The number of amides is 1. The second kappa shape index (κ2) is 16.7. The number of carbonyl (C=O) groups is 3. The van der Waals surface area contributed by atoms with Gasteiger partial charge in [-0.3, -0.25) is 9.59 Å². The van der Waals surface area contributed by atoms with E-state index in [1.165, 1.54) is 7.11 Å². The molecule has 1 atom stereocenters. The number of hydrogen-bond donors (Lipinski definition) is 1. The maximum Gasteiger partial charge on any atom is 0.328 e. The topological polar surface area (TPSA) is 84.9 Å². The van der Waals surface area contributed by atoms with E-state index in [4.69, 9.17) is 9.47 Å². The summed E-state index contributed by atoms with van der Waals surface area (Å²) in [7, 11) is 1.35. The second-order valence-electron chi connectivity index (χ2n) is 10.5. The minimum absolute atomic E-state index is 0.128. The van der Waals surface area contributed by atoms with Gasteiger partial charge in [-0.25, -0.2) is 4.79 Å². The third-order valence-electron chi connectivity index (χ3n) is 7.29. The number of ether oxygens (including phenoxy) is 2. The van der Waals surface area contributed by atoms with E-state index in [2.05, 4.69) is 12.2 Å². The molecule has 0 saturated heterocycles. The molecular weight excluding hydrogens is 552 g/mol. The van der Waals surface area contributed by atoms with E-state index >= 15 is 0 Å². The van der Waals surface area contributed by atoms with Crippen LogP contribution in [0.25, 0.3) is 0 Å². The molecule has 0 fully saturated rings. The van der Waals surface area contributed by atoms with Crippen LogP contribution in [0.4, 0.5) is 11.4 Å². The molecule has 7 heteroatoms. The smallest absolute Gasteiger partial charge is 0.328 e. The van der Waals surface area contributed by atoms with Crippen molar-refractivity contribution in [1.82, 2.24) is 0 Å². The Morgan fingerprint density at radius 3 is 2.14 bits per heavy atom. The molecule has 4 aromatic carbocycles. The zero-order valence-electron chi connectivity index (χ0n) is 25.4. The van der Waals surface area contributed by atoms with Gasteiger partial charge in [0.25, 0.3) is 0 Å². The Kier molecular flexibility index (Phi) is 12.1. The highest BCUT2D eigenvalue weighted by Gasteiger charge is 2.23. The number of rotatable bonds is 16. The zero-order chi connectivity index (χ0) is 31.1. The third-order valence-corrected chi connectivity index (χ3v) is 7.29. The predicted octanol–water partition coefficient (Wildman–Crippen LogP) is 7.11. The van der Waals surface area contributed by atoms with E-state index in [9.17, 15) is 14.4 Å². The molecule has 0 saturated carbocycles. The first-order valence-corrected chi connectivity index (χ1v) is 15.1. The summed E-state index contributed by atoms with van der Waals surface area (Å²) in [6.07, 6.45) is 3.42. The van der Waals surface area contributed by atoms with Crippen LogP contribution in [-0.4, -0.2) is 44.0 Å². The Bertz CT molecular complexity index is 1490. The maximum atomic E-state index is 13.2. The van der Waals surface area contributed by atoms with Gasteiger partial charge in [-0.1, -0.05) is 86.1 Å². The summed E-state index contributed by atoms with van der Waals surface area (Å²) in [4.78, 5) is 40.6. The van der Waals surface area contributed by atoms with Crippen LogP contribution in [0, 0.1) is 0 Å². The molecule has 0 spiro atoms. The van der Waals surface area contributed by atoms with E-state index in [-0.39, 0.29) is 11.7 Å². The molecular formula is C37H40N2O5. The van der Waals surface area contributed by atoms with Crippen molar-refractivity contribution in [3.8, 4) is 5.75 Å². The van der Waals surface area contributed by atoms with Crippen molar-refractivity contribution in [3.05, 3.63) is 126 Å². The molecule has 0 aliphatic rings. The average molecular weight is 593 g/mol. The fourth-order valence-corrected chi connectivity index (χ4v) is 4.91. The Labute approximate surface area is 259 Å². The fourth-order valence-electron chi connectivity index (χ4n) is 4.91. The van der Waals surface area contributed by atoms with Gasteiger partial charge in [0.15, 0.2) is 5.78 Å². The number of anilines is 2. The number of nitrogens with one attached hydrogen (secondary N) is 1. The molecule has 1 N–H and O–H groups in total. The first-order chi connectivity index (χ1) is 21.5. The van der Waals surface area contributed by atoms with Crippen LogP contribution < -0.4 is 15.0 Å². The van der Waals surface area contributed by atoms with Crippen LogP contribution in [0.3, 0.4) is 0 Å². The van der Waals surface area contributed by atoms with E-state index in [0.717, 1.165) is 24.1 Å². The van der Waals surface area contributed by atoms with Gasteiger partial charge in [0, 0.05) is 41.9 Å². The number of carbonyl (C=O) groups excluding carboxylic acids is 3. The highest BCUT2D eigenvalue weighted by molar-refractivity contribution is 6.12. The molecule has 0 aliphatic carbocycles. The molecule has 4 aromatic rings. The lowest BCUT2D eigenvalue weighted by Gasteiger charge is -2.23. The molecule has 0 bridgehead atoms. The molecule has 44 heavy (non-hydrogen) atoms. The van der Waals surface area contributed by atoms with Crippen molar-refractivity contribution >= 4 is 29.0 Å². The molecule has 0 unspecified atom stereocenters. The Hall–Kier alpha value is -4.91. The minimum Gasteiger partial charge on any atom is -0.494 e. The van der Waals surface area contributed by atoms with Crippen LogP contribution in [0.1, 0.15) is 54.1 Å². The molecule has 0 heterocycles. The van der Waals surface area contributed by atoms with Gasteiger partial charge in [-0.2, -0.15) is 0 Å². The van der Waals surface area contributed by atoms with Crippen LogP contribution >= 0.6 is 0 Å². The van der Waals surface area contributed by atoms with Gasteiger partial charge >= 0.3 is 5.97 Å². The number of methoxy groups -OCH3 is 1. The predicted molar refractivity (Wildman–Crippen MR) is 174 cm³/mol. The molecule has 0 radical (unpaired) electrons. The fraction of sp³-hybridized carbons (Fsp3) is 0.270. The molecule has 4 rings (SSSR count). The third kappa shape index (κ3) is 9.04. The van der Waals surface area contributed by atoms with E-state index in [1.54, 1.807) is 30.3 Å². The minimum atomic E-state index is -0.703. The Morgan fingerprint density at radius 2 is 1.45 bits per heavy atom. The number of esters is 1. The Morgan fingerprint density at radius 1 is 0.795 bits per heavy atom. The number of ketones is 1. The second-order valence-corrected chi connectivity index (χ2v) is 10.5. The van der Waals surface area contributed by atoms with Gasteiger partial charge in [0.2, 0.25) is 5.91 Å². The number of benzene rings is 4. The van der Waals surface area contributed by atoms with Gasteiger partial charge in [0.1, 0.15) is 11.8 Å². The van der Waals surface area contributed by atoms with Gasteiger partial charge in [0.05, 0.1) is 13.7 Å². The lowest BCUT2D eigenvalue weighted by molar-refractivity contribution is -0.141. The van der Waals surface area contributed by atoms with E-state index in [1.807, 2.05) is 83.8 Å². The average Bonchev–Trinajstić information content (AvgIpc) is 3.08. The summed E-state index contributed by atoms with van der Waals surface area (Å²) in [6.45, 7) is 3.12. The van der Waals surface area contributed by atoms with Crippen LogP contribution in [0.5, 0.6) is 5.75 Å². The highest BCUT2D eigenvalue weighted by atomic mass is 16.5. The van der Waals surface area contributed by atoms with Crippen LogP contribution in [-0.2, 0) is 20.7 Å². The largest absolute Gasteiger partial charge is 0.494 e. The zero-order valence-corrected chi connectivity index (χ0v) is 25.4. The monoisotopic (exact) mass is 592 g/mol. The van der Waals surface area contributed by atoms with Gasteiger partial charge in [-0.15, -0.1) is 0 Å². The standard InChI is InChI=1S/C37H40N2O5/c1-3-4-20-35(40)39(30-16-9-6-10-17-30)25-13-26-44-31-23-21-28(22-24-31)27-34(37(42)43-2)38-33-19-12-11-18-32(33)36(41)29-14-7-5-8-15-29/h5-12,14-19,21-24,34,38H,3-4,13,20,25-27H2,1-2H3/t34-/m0/s1. The number of nitrogens with zero attached hydrogens (tertiary/aromatic N) is 1. The lowest BCUT2D eigenvalue weighted by atomic mass is 10.00. The summed E-state index contributed by atoms with van der Waals surface area (Å²) in [5.74, 6) is 0.279. The van der Waals surface area contributed by atoms with Crippen LogP contribution in [0.2, 0.25) is 0 Å². The van der Waals surface area contributed by atoms with Crippen molar-refractivity contribution in [2.45, 2.75) is 45.1 Å². The SMILES string of the molecule is CCCCC(=O)N(CCCOc1ccc(C[C@H](Nc2ccccc2C(=O)c2ccccc2)C(=O)OC)cc1)c1ccccc1. The summed E-state index contributed by atoms with van der Waals surface area (Å²) in [6, 6.07) is 32.8. The van der Waals surface area contributed by atoms with Gasteiger partial charge < -0.3 is 19.7 Å². The summed E-state index contributed by atoms with van der Waals surface area (Å²) in [5.41, 5.74) is 3.43. The lowest BCUT2D eigenvalue weighted by Crippen LogP contribution is -2.33.